The molecule has 1 unspecified atom stereocenters. The lowest BCUT2D eigenvalue weighted by atomic mass is 9.98. The number of fused-ring (bicyclic) bond motifs is 1. The Kier molecular flexibility index (Phi) is 3.70. The fraction of sp³-hybridized carbons (Fsp3) is 0.400. The van der Waals surface area contributed by atoms with E-state index >= 15 is 0 Å². The molecule has 2 rings (SSSR count). The molecule has 3 nitrogen and oxygen atoms in total. The molecular formula is C15H20N2O. The molecule has 18 heavy (non-hydrogen) atoms. The third-order valence-corrected chi connectivity index (χ3v) is 3.54. The highest BCUT2D eigenvalue weighted by molar-refractivity contribution is 5.98. The van der Waals surface area contributed by atoms with Gasteiger partial charge in [0.1, 0.15) is 0 Å². The van der Waals surface area contributed by atoms with Crippen LogP contribution >= 0.6 is 0 Å². The van der Waals surface area contributed by atoms with Gasteiger partial charge in [0, 0.05) is 29.2 Å². The van der Waals surface area contributed by atoms with Gasteiger partial charge in [-0.3, -0.25) is 4.79 Å². The van der Waals surface area contributed by atoms with Crippen LogP contribution < -0.4 is 5.32 Å². The summed E-state index contributed by atoms with van der Waals surface area (Å²) < 4.78 is 0. The molecule has 0 aliphatic rings. The van der Waals surface area contributed by atoms with Crippen LogP contribution in [-0.4, -0.2) is 17.4 Å². The summed E-state index contributed by atoms with van der Waals surface area (Å²) in [6.07, 6.45) is 1.88. The largest absolute Gasteiger partial charge is 0.361 e. The average molecular weight is 244 g/mol. The quantitative estimate of drug-likeness (QED) is 0.852. The van der Waals surface area contributed by atoms with Crippen LogP contribution in [0.5, 0.6) is 0 Å². The molecule has 0 aliphatic carbocycles. The Morgan fingerprint density at radius 3 is 2.78 bits per heavy atom. The molecule has 0 saturated carbocycles. The monoisotopic (exact) mass is 244 g/mol. The molecule has 0 fully saturated rings. The molecule has 1 aromatic carbocycles. The highest BCUT2D eigenvalue weighted by atomic mass is 16.1. The van der Waals surface area contributed by atoms with Crippen molar-refractivity contribution < 1.29 is 4.79 Å². The summed E-state index contributed by atoms with van der Waals surface area (Å²) in [4.78, 5) is 15.1. The Bertz CT molecular complexity index is 542. The Hall–Kier alpha value is -1.77. The highest BCUT2D eigenvalue weighted by Gasteiger charge is 2.10. The Labute approximate surface area is 108 Å². The van der Waals surface area contributed by atoms with Gasteiger partial charge in [0.05, 0.1) is 0 Å². The number of amides is 1. The number of H-pyrrole nitrogens is 1. The second kappa shape index (κ2) is 5.25. The first-order valence-electron chi connectivity index (χ1n) is 6.43. The minimum atomic E-state index is 0.00519. The molecular weight excluding hydrogens is 224 g/mol. The minimum absolute atomic E-state index is 0.00519. The summed E-state index contributed by atoms with van der Waals surface area (Å²) in [7, 11) is 0. The predicted octanol–water partition coefficient (Wildman–Crippen LogP) is 3.19. The lowest BCUT2D eigenvalue weighted by Gasteiger charge is -2.16. The van der Waals surface area contributed by atoms with Crippen LogP contribution in [0, 0.1) is 11.8 Å². The number of hydrogen-bond donors (Lipinski definition) is 2. The van der Waals surface area contributed by atoms with Crippen molar-refractivity contribution in [3.05, 3.63) is 36.0 Å². The van der Waals surface area contributed by atoms with Crippen LogP contribution in [-0.2, 0) is 0 Å². The third kappa shape index (κ3) is 2.73. The second-order valence-electron chi connectivity index (χ2n) is 5.21. The van der Waals surface area contributed by atoms with E-state index < -0.39 is 0 Å². The average Bonchev–Trinajstić information content (AvgIpc) is 2.82. The van der Waals surface area contributed by atoms with Gasteiger partial charge in [-0.15, -0.1) is 0 Å². The van der Waals surface area contributed by atoms with Crippen molar-refractivity contribution in [2.24, 2.45) is 11.8 Å². The summed E-state index contributed by atoms with van der Waals surface area (Å²) in [6.45, 7) is 7.22. The first-order chi connectivity index (χ1) is 8.58. The number of benzene rings is 1. The van der Waals surface area contributed by atoms with E-state index in [0.29, 0.717) is 11.8 Å². The van der Waals surface area contributed by atoms with Gasteiger partial charge < -0.3 is 10.3 Å². The van der Waals surface area contributed by atoms with Crippen LogP contribution in [0.15, 0.2) is 30.5 Å². The Balaban J connectivity index is 2.04. The van der Waals surface area contributed by atoms with Crippen molar-refractivity contribution >= 4 is 16.8 Å². The van der Waals surface area contributed by atoms with Crippen molar-refractivity contribution in [2.45, 2.75) is 20.8 Å². The SMILES string of the molecule is CC(C)C(C)CNC(=O)c1ccc2[nH]ccc2c1. The van der Waals surface area contributed by atoms with Gasteiger partial charge >= 0.3 is 0 Å². The molecule has 0 saturated heterocycles. The van der Waals surface area contributed by atoms with Crippen LogP contribution in [0.25, 0.3) is 10.9 Å². The van der Waals surface area contributed by atoms with Gasteiger partial charge in [-0.25, -0.2) is 0 Å². The zero-order chi connectivity index (χ0) is 13.1. The van der Waals surface area contributed by atoms with Crippen LogP contribution in [0.2, 0.25) is 0 Å². The zero-order valence-corrected chi connectivity index (χ0v) is 11.2. The molecule has 3 heteroatoms. The maximum atomic E-state index is 12.0. The normalized spacial score (nSPS) is 12.9. The van der Waals surface area contributed by atoms with Crippen LogP contribution in [0.1, 0.15) is 31.1 Å². The van der Waals surface area contributed by atoms with E-state index in [0.717, 1.165) is 23.0 Å². The maximum absolute atomic E-state index is 12.0. The molecule has 96 valence electrons. The molecule has 1 atom stereocenters. The van der Waals surface area contributed by atoms with Gasteiger partial charge in [0.25, 0.3) is 5.91 Å². The van der Waals surface area contributed by atoms with Crippen molar-refractivity contribution in [3.8, 4) is 0 Å². The smallest absolute Gasteiger partial charge is 0.251 e. The van der Waals surface area contributed by atoms with Crippen molar-refractivity contribution in [3.63, 3.8) is 0 Å². The van der Waals surface area contributed by atoms with Gasteiger partial charge in [0.15, 0.2) is 0 Å². The number of rotatable bonds is 4. The first-order valence-corrected chi connectivity index (χ1v) is 6.43. The fourth-order valence-electron chi connectivity index (χ4n) is 1.79. The van der Waals surface area contributed by atoms with Crippen LogP contribution in [0.3, 0.4) is 0 Å². The molecule has 0 spiro atoms. The van der Waals surface area contributed by atoms with Crippen molar-refractivity contribution in [1.82, 2.24) is 10.3 Å². The maximum Gasteiger partial charge on any atom is 0.251 e. The van der Waals surface area contributed by atoms with Gasteiger partial charge in [-0.2, -0.15) is 0 Å². The van der Waals surface area contributed by atoms with E-state index in [9.17, 15) is 4.79 Å². The van der Waals surface area contributed by atoms with E-state index in [1.807, 2.05) is 30.5 Å². The standard InChI is InChI=1S/C15H20N2O/c1-10(2)11(3)9-17-15(18)13-4-5-14-12(8-13)6-7-16-14/h4-8,10-11,16H,9H2,1-3H3,(H,17,18). The fourth-order valence-corrected chi connectivity index (χ4v) is 1.79. The Morgan fingerprint density at radius 1 is 1.28 bits per heavy atom. The lowest BCUT2D eigenvalue weighted by molar-refractivity contribution is 0.0945. The van der Waals surface area contributed by atoms with Gasteiger partial charge in [-0.05, 0) is 36.1 Å². The number of aromatic nitrogens is 1. The summed E-state index contributed by atoms with van der Waals surface area (Å²) in [5, 5.41) is 4.06. The Morgan fingerprint density at radius 2 is 2.06 bits per heavy atom. The molecule has 1 aromatic heterocycles. The number of nitrogens with one attached hydrogen (secondary N) is 2. The topological polar surface area (TPSA) is 44.9 Å². The molecule has 0 bridgehead atoms. The number of carbonyl (C=O) groups is 1. The van der Waals surface area contributed by atoms with E-state index in [4.69, 9.17) is 0 Å². The molecule has 0 radical (unpaired) electrons. The number of hydrogen-bond acceptors (Lipinski definition) is 1. The molecule has 2 N–H and O–H groups in total. The summed E-state index contributed by atoms with van der Waals surface area (Å²) in [5.74, 6) is 1.08. The summed E-state index contributed by atoms with van der Waals surface area (Å²) in [6, 6.07) is 7.69. The lowest BCUT2D eigenvalue weighted by Crippen LogP contribution is -2.30. The van der Waals surface area contributed by atoms with Crippen molar-refractivity contribution in [1.29, 1.82) is 0 Å². The van der Waals surface area contributed by atoms with E-state index in [2.05, 4.69) is 31.1 Å². The van der Waals surface area contributed by atoms with E-state index in [1.54, 1.807) is 0 Å². The second-order valence-corrected chi connectivity index (χ2v) is 5.21. The molecule has 1 amide bonds. The minimum Gasteiger partial charge on any atom is -0.361 e. The van der Waals surface area contributed by atoms with Crippen molar-refractivity contribution in [2.75, 3.05) is 6.54 Å². The molecule has 0 aliphatic heterocycles. The van der Waals surface area contributed by atoms with Gasteiger partial charge in [0.2, 0.25) is 0 Å². The third-order valence-electron chi connectivity index (χ3n) is 3.54. The number of carbonyl (C=O) groups excluding carboxylic acids is 1. The molecule has 1 heterocycles. The summed E-state index contributed by atoms with van der Waals surface area (Å²) >= 11 is 0. The molecule has 2 aromatic rings. The zero-order valence-electron chi connectivity index (χ0n) is 11.2. The first kappa shape index (κ1) is 12.7. The van der Waals surface area contributed by atoms with Gasteiger partial charge in [-0.1, -0.05) is 20.8 Å². The van der Waals surface area contributed by atoms with E-state index in [1.165, 1.54) is 0 Å². The summed E-state index contributed by atoms with van der Waals surface area (Å²) in [5.41, 5.74) is 1.78. The predicted molar refractivity (Wildman–Crippen MR) is 74.6 cm³/mol. The van der Waals surface area contributed by atoms with E-state index in [-0.39, 0.29) is 5.91 Å². The number of aromatic amines is 1. The highest BCUT2D eigenvalue weighted by Crippen LogP contribution is 2.14. The van der Waals surface area contributed by atoms with Crippen LogP contribution in [0.4, 0.5) is 0 Å².